The van der Waals surface area contributed by atoms with Crippen molar-refractivity contribution < 1.29 is 18.4 Å². The summed E-state index contributed by atoms with van der Waals surface area (Å²) < 4.78 is 19.3. The molecule has 0 N–H and O–H groups in total. The van der Waals surface area contributed by atoms with Gasteiger partial charge in [0.15, 0.2) is 0 Å². The maximum absolute atomic E-state index is 14.0. The van der Waals surface area contributed by atoms with Crippen molar-refractivity contribution in [1.29, 1.82) is 0 Å². The van der Waals surface area contributed by atoms with Gasteiger partial charge < -0.3 is 14.2 Å². The SMILES string of the molecule is CC#CCN(Cc1ccco1)C(=O)[C@@H]1CCC(=O)N(Cc2ccccc2F)C1. The number of carbonyl (C=O) groups excluding carboxylic acids is 2. The maximum Gasteiger partial charge on any atom is 0.228 e. The van der Waals surface area contributed by atoms with Crippen LogP contribution < -0.4 is 0 Å². The number of nitrogens with zero attached hydrogens (tertiary/aromatic N) is 2. The predicted molar refractivity (Wildman–Crippen MR) is 102 cm³/mol. The summed E-state index contributed by atoms with van der Waals surface area (Å²) in [6, 6.07) is 9.98. The highest BCUT2D eigenvalue weighted by Gasteiger charge is 2.33. The minimum absolute atomic E-state index is 0.0572. The molecule has 1 aliphatic rings. The van der Waals surface area contributed by atoms with E-state index in [0.29, 0.717) is 30.8 Å². The Kier molecular flexibility index (Phi) is 6.49. The topological polar surface area (TPSA) is 53.8 Å². The Morgan fingerprint density at radius 2 is 2.14 bits per heavy atom. The van der Waals surface area contributed by atoms with E-state index >= 15 is 0 Å². The van der Waals surface area contributed by atoms with Crippen LogP contribution >= 0.6 is 0 Å². The summed E-state index contributed by atoms with van der Waals surface area (Å²) in [4.78, 5) is 28.6. The number of piperidine rings is 1. The summed E-state index contributed by atoms with van der Waals surface area (Å²) in [7, 11) is 0. The fourth-order valence-electron chi connectivity index (χ4n) is 3.34. The zero-order valence-corrected chi connectivity index (χ0v) is 15.9. The molecule has 0 bridgehead atoms. The summed E-state index contributed by atoms with van der Waals surface area (Å²) in [6.45, 7) is 2.81. The number of rotatable bonds is 6. The first-order chi connectivity index (χ1) is 13.6. The standard InChI is InChI=1S/C22H23FN2O3/c1-2-3-12-24(16-19-8-6-13-28-19)22(27)18-10-11-21(26)25(15-18)14-17-7-4-5-9-20(17)23/h4-9,13,18H,10-12,14-16H2,1H3/t18-/m1/s1. The molecule has 1 aliphatic heterocycles. The number of likely N-dealkylation sites (tertiary alicyclic amines) is 1. The highest BCUT2D eigenvalue weighted by molar-refractivity contribution is 5.84. The number of benzene rings is 1. The Morgan fingerprint density at radius 3 is 2.86 bits per heavy atom. The van der Waals surface area contributed by atoms with Crippen LogP contribution in [0.3, 0.4) is 0 Å². The largest absolute Gasteiger partial charge is 0.467 e. The summed E-state index contributed by atoms with van der Waals surface area (Å²) in [5, 5.41) is 0. The van der Waals surface area contributed by atoms with Crippen molar-refractivity contribution in [2.45, 2.75) is 32.9 Å². The lowest BCUT2D eigenvalue weighted by Gasteiger charge is -2.34. The minimum Gasteiger partial charge on any atom is -0.467 e. The molecule has 1 aromatic carbocycles. The molecule has 6 heteroatoms. The second kappa shape index (κ2) is 9.23. The van der Waals surface area contributed by atoms with Gasteiger partial charge in [-0.25, -0.2) is 4.39 Å². The van der Waals surface area contributed by atoms with Crippen LogP contribution in [0.5, 0.6) is 0 Å². The molecule has 0 unspecified atom stereocenters. The van der Waals surface area contributed by atoms with Crippen LogP contribution in [0.25, 0.3) is 0 Å². The van der Waals surface area contributed by atoms with Gasteiger partial charge in [-0.05, 0) is 31.5 Å². The first-order valence-corrected chi connectivity index (χ1v) is 9.30. The molecule has 0 aliphatic carbocycles. The highest BCUT2D eigenvalue weighted by Crippen LogP contribution is 2.23. The van der Waals surface area contributed by atoms with E-state index in [-0.39, 0.29) is 43.1 Å². The number of amides is 2. The summed E-state index contributed by atoms with van der Waals surface area (Å²) in [5.41, 5.74) is 0.452. The number of carbonyl (C=O) groups is 2. The Labute approximate surface area is 164 Å². The molecule has 5 nitrogen and oxygen atoms in total. The zero-order valence-electron chi connectivity index (χ0n) is 15.9. The van der Waals surface area contributed by atoms with Crippen LogP contribution in [0.15, 0.2) is 47.1 Å². The van der Waals surface area contributed by atoms with E-state index in [0.717, 1.165) is 0 Å². The molecular formula is C22H23FN2O3. The van der Waals surface area contributed by atoms with Gasteiger partial charge in [-0.2, -0.15) is 0 Å². The van der Waals surface area contributed by atoms with Gasteiger partial charge in [0.05, 0.1) is 25.3 Å². The number of furan rings is 1. The molecule has 146 valence electrons. The molecule has 1 aromatic heterocycles. The van der Waals surface area contributed by atoms with Crippen LogP contribution in [-0.2, 0) is 22.7 Å². The Bertz CT molecular complexity index is 883. The van der Waals surface area contributed by atoms with Crippen molar-refractivity contribution in [2.24, 2.45) is 5.92 Å². The van der Waals surface area contributed by atoms with Crippen LogP contribution in [-0.4, -0.2) is 34.7 Å². The third kappa shape index (κ3) is 4.80. The zero-order chi connectivity index (χ0) is 19.9. The average molecular weight is 382 g/mol. The summed E-state index contributed by atoms with van der Waals surface area (Å²) >= 11 is 0. The maximum atomic E-state index is 14.0. The lowest BCUT2D eigenvalue weighted by molar-refractivity contribution is -0.143. The number of hydrogen-bond donors (Lipinski definition) is 0. The number of hydrogen-bond acceptors (Lipinski definition) is 3. The van der Waals surface area contributed by atoms with Crippen LogP contribution in [0, 0.1) is 23.6 Å². The van der Waals surface area contributed by atoms with Gasteiger partial charge in [0.25, 0.3) is 0 Å². The van der Waals surface area contributed by atoms with Crippen molar-refractivity contribution in [1.82, 2.24) is 9.80 Å². The third-order valence-corrected chi connectivity index (χ3v) is 4.85. The van der Waals surface area contributed by atoms with Crippen LogP contribution in [0.1, 0.15) is 31.1 Å². The molecule has 1 atom stereocenters. The number of halogens is 1. The van der Waals surface area contributed by atoms with Gasteiger partial charge in [-0.3, -0.25) is 9.59 Å². The summed E-state index contributed by atoms with van der Waals surface area (Å²) in [6.07, 6.45) is 2.33. The van der Waals surface area contributed by atoms with Crippen LogP contribution in [0.4, 0.5) is 4.39 Å². The lowest BCUT2D eigenvalue weighted by atomic mass is 9.95. The highest BCUT2D eigenvalue weighted by atomic mass is 19.1. The van der Waals surface area contributed by atoms with Crippen LogP contribution in [0.2, 0.25) is 0 Å². The van der Waals surface area contributed by atoms with Crippen molar-refractivity contribution >= 4 is 11.8 Å². The smallest absolute Gasteiger partial charge is 0.228 e. The molecule has 2 amide bonds. The molecular weight excluding hydrogens is 359 g/mol. The second-order valence-electron chi connectivity index (χ2n) is 6.80. The van der Waals surface area contributed by atoms with E-state index in [1.54, 1.807) is 47.3 Å². The lowest BCUT2D eigenvalue weighted by Crippen LogP contribution is -2.46. The van der Waals surface area contributed by atoms with Gasteiger partial charge in [0, 0.05) is 25.1 Å². The van der Waals surface area contributed by atoms with E-state index in [4.69, 9.17) is 4.42 Å². The first kappa shape index (κ1) is 19.7. The van der Waals surface area contributed by atoms with E-state index in [9.17, 15) is 14.0 Å². The Hall–Kier alpha value is -3.07. The molecule has 0 spiro atoms. The summed E-state index contributed by atoms with van der Waals surface area (Å²) in [5.74, 6) is 5.62. The quantitative estimate of drug-likeness (QED) is 0.721. The van der Waals surface area contributed by atoms with E-state index in [2.05, 4.69) is 11.8 Å². The molecule has 0 saturated carbocycles. The van der Waals surface area contributed by atoms with Crippen molar-refractivity contribution in [3.05, 3.63) is 59.8 Å². The van der Waals surface area contributed by atoms with E-state index < -0.39 is 0 Å². The Balaban J connectivity index is 1.71. The molecule has 3 rings (SSSR count). The monoisotopic (exact) mass is 382 g/mol. The van der Waals surface area contributed by atoms with E-state index in [1.165, 1.54) is 6.07 Å². The normalized spacial score (nSPS) is 16.4. The van der Waals surface area contributed by atoms with Crippen molar-refractivity contribution in [3.8, 4) is 11.8 Å². The van der Waals surface area contributed by atoms with Crippen molar-refractivity contribution in [3.63, 3.8) is 0 Å². The molecule has 2 heterocycles. The molecule has 1 fully saturated rings. The second-order valence-corrected chi connectivity index (χ2v) is 6.80. The minimum atomic E-state index is -0.346. The van der Waals surface area contributed by atoms with Crippen molar-refractivity contribution in [2.75, 3.05) is 13.1 Å². The predicted octanol–water partition coefficient (Wildman–Crippen LogP) is 3.21. The average Bonchev–Trinajstić information content (AvgIpc) is 3.21. The van der Waals surface area contributed by atoms with Gasteiger partial charge in [-0.15, -0.1) is 5.92 Å². The van der Waals surface area contributed by atoms with Gasteiger partial charge in [-0.1, -0.05) is 24.1 Å². The molecule has 0 radical (unpaired) electrons. The van der Waals surface area contributed by atoms with Gasteiger partial charge in [0.2, 0.25) is 11.8 Å². The molecule has 1 saturated heterocycles. The molecule has 28 heavy (non-hydrogen) atoms. The third-order valence-electron chi connectivity index (χ3n) is 4.85. The fourth-order valence-corrected chi connectivity index (χ4v) is 3.34. The fraction of sp³-hybridized carbons (Fsp3) is 0.364. The van der Waals surface area contributed by atoms with Gasteiger partial charge in [0.1, 0.15) is 11.6 Å². The Morgan fingerprint density at radius 1 is 1.32 bits per heavy atom. The van der Waals surface area contributed by atoms with Gasteiger partial charge >= 0.3 is 0 Å². The first-order valence-electron chi connectivity index (χ1n) is 9.30. The van der Waals surface area contributed by atoms with E-state index in [1.807, 2.05) is 6.07 Å². The molecule has 2 aromatic rings.